The number of thiophene rings is 1. The number of amides is 1. The van der Waals surface area contributed by atoms with E-state index in [1.165, 1.54) is 11.1 Å². The molecule has 9 heteroatoms. The van der Waals surface area contributed by atoms with E-state index >= 15 is 0 Å². The van der Waals surface area contributed by atoms with Crippen LogP contribution in [0.1, 0.15) is 33.3 Å². The Morgan fingerprint density at radius 3 is 2.94 bits per heavy atom. The van der Waals surface area contributed by atoms with Gasteiger partial charge in [0.2, 0.25) is 5.95 Å². The van der Waals surface area contributed by atoms with Crippen LogP contribution < -0.4 is 20.9 Å². The first-order valence-electron chi connectivity index (χ1n) is 10.6. The molecule has 0 bridgehead atoms. The third-order valence-corrected chi connectivity index (χ3v) is 6.44. The Morgan fingerprint density at radius 1 is 1.28 bits per heavy atom. The number of fused-ring (bicyclic) bond motifs is 1. The van der Waals surface area contributed by atoms with Gasteiger partial charge in [0.25, 0.3) is 5.91 Å². The summed E-state index contributed by atoms with van der Waals surface area (Å²) < 4.78 is 6.28. The maximum Gasteiger partial charge on any atom is 0.263 e. The van der Waals surface area contributed by atoms with E-state index in [0.29, 0.717) is 31.1 Å². The van der Waals surface area contributed by atoms with Crippen LogP contribution in [0.3, 0.4) is 0 Å². The molecule has 1 amide bonds. The lowest BCUT2D eigenvalue weighted by atomic mass is 10.1. The van der Waals surface area contributed by atoms with E-state index in [1.54, 1.807) is 16.2 Å². The highest BCUT2D eigenvalue weighted by atomic mass is 32.1. The fourth-order valence-electron chi connectivity index (χ4n) is 3.75. The van der Waals surface area contributed by atoms with E-state index < -0.39 is 0 Å². The summed E-state index contributed by atoms with van der Waals surface area (Å²) >= 11 is 1.71. The van der Waals surface area contributed by atoms with Gasteiger partial charge in [-0.25, -0.2) is 4.98 Å². The van der Waals surface area contributed by atoms with Crippen molar-refractivity contribution in [3.05, 3.63) is 64.0 Å². The highest BCUT2D eigenvalue weighted by Crippen LogP contribution is 2.29. The molecule has 168 valence electrons. The van der Waals surface area contributed by atoms with Crippen molar-refractivity contribution >= 4 is 34.7 Å². The Bertz CT molecular complexity index is 1060. The number of hydrogen-bond donors (Lipinski definition) is 2. The Hall–Kier alpha value is -3.01. The number of rotatable bonds is 8. The molecule has 1 atom stereocenters. The van der Waals surface area contributed by atoms with Crippen molar-refractivity contribution in [1.29, 1.82) is 0 Å². The van der Waals surface area contributed by atoms with Gasteiger partial charge in [-0.15, -0.1) is 11.3 Å². The van der Waals surface area contributed by atoms with Crippen molar-refractivity contribution in [1.82, 2.24) is 15.3 Å². The molecular formula is C23H28N6O2S. The number of carbonyl (C=O) groups is 1. The van der Waals surface area contributed by atoms with Crippen molar-refractivity contribution in [2.24, 2.45) is 0 Å². The molecule has 4 rings (SSSR count). The average Bonchev–Trinajstić information content (AvgIpc) is 3.30. The number of carbonyl (C=O) groups excluding carboxylic acids is 1. The van der Waals surface area contributed by atoms with E-state index in [4.69, 9.17) is 10.5 Å². The number of nitrogens with zero attached hydrogens (tertiary/aromatic N) is 4. The zero-order valence-corrected chi connectivity index (χ0v) is 19.1. The number of benzene rings is 1. The lowest BCUT2D eigenvalue weighted by molar-refractivity contribution is 0.0367. The molecule has 1 aliphatic heterocycles. The Morgan fingerprint density at radius 2 is 2.16 bits per heavy atom. The van der Waals surface area contributed by atoms with E-state index in [2.05, 4.69) is 26.7 Å². The van der Waals surface area contributed by atoms with Crippen molar-refractivity contribution in [3.63, 3.8) is 0 Å². The number of nitrogen functional groups attached to an aromatic ring is 1. The molecule has 8 nitrogen and oxygen atoms in total. The largest absolute Gasteiger partial charge is 0.368 e. The molecular weight excluding hydrogens is 424 g/mol. The minimum absolute atomic E-state index is 0.0362. The number of nitrogens with two attached hydrogens (primary N) is 1. The molecule has 0 spiro atoms. The van der Waals surface area contributed by atoms with Gasteiger partial charge in [-0.1, -0.05) is 18.2 Å². The van der Waals surface area contributed by atoms with Gasteiger partial charge in [-0.2, -0.15) is 4.98 Å². The summed E-state index contributed by atoms with van der Waals surface area (Å²) in [6.07, 6.45) is 2.44. The molecule has 1 aromatic carbocycles. The van der Waals surface area contributed by atoms with Crippen LogP contribution in [0.2, 0.25) is 0 Å². The van der Waals surface area contributed by atoms with Crippen LogP contribution in [0.5, 0.6) is 0 Å². The molecule has 0 radical (unpaired) electrons. The normalized spacial score (nSPS) is 14.9. The third kappa shape index (κ3) is 4.90. The van der Waals surface area contributed by atoms with E-state index in [-0.39, 0.29) is 18.0 Å². The molecule has 0 saturated heterocycles. The quantitative estimate of drug-likeness (QED) is 0.542. The number of aromatic nitrogens is 2. The second-order valence-electron chi connectivity index (χ2n) is 7.72. The molecule has 0 fully saturated rings. The Kier molecular flexibility index (Phi) is 6.99. The predicted octanol–water partition coefficient (Wildman–Crippen LogP) is 3.08. The Labute approximate surface area is 192 Å². The molecule has 32 heavy (non-hydrogen) atoms. The molecule has 0 aliphatic carbocycles. The minimum atomic E-state index is -0.132. The fourth-order valence-corrected chi connectivity index (χ4v) is 4.55. The number of ether oxygens (including phenoxy) is 1. The number of likely N-dealkylation sites (N-methyl/N-ethyl adjacent to an activating group) is 1. The molecule has 3 N–H and O–H groups in total. The summed E-state index contributed by atoms with van der Waals surface area (Å²) in [6, 6.07) is 12.1. The lowest BCUT2D eigenvalue weighted by Gasteiger charge is -2.22. The summed E-state index contributed by atoms with van der Waals surface area (Å²) in [5.74, 6) is 0.593. The van der Waals surface area contributed by atoms with Crippen LogP contribution in [0.25, 0.3) is 0 Å². The predicted molar refractivity (Wildman–Crippen MR) is 128 cm³/mol. The van der Waals surface area contributed by atoms with Crippen LogP contribution in [0, 0.1) is 0 Å². The first kappa shape index (κ1) is 22.2. The van der Waals surface area contributed by atoms with E-state index in [0.717, 1.165) is 24.2 Å². The summed E-state index contributed by atoms with van der Waals surface area (Å²) in [7, 11) is 3.85. The van der Waals surface area contributed by atoms with Gasteiger partial charge in [0.15, 0.2) is 0 Å². The third-order valence-electron chi connectivity index (χ3n) is 5.47. The van der Waals surface area contributed by atoms with Crippen molar-refractivity contribution in [2.45, 2.75) is 19.1 Å². The first-order valence-corrected chi connectivity index (χ1v) is 11.5. The second-order valence-corrected chi connectivity index (χ2v) is 8.70. The maximum atomic E-state index is 13.3. The fraction of sp³-hybridized carbons (Fsp3) is 0.348. The lowest BCUT2D eigenvalue weighted by Crippen LogP contribution is -2.33. The molecule has 1 aliphatic rings. The van der Waals surface area contributed by atoms with Crippen LogP contribution in [0.15, 0.2) is 48.0 Å². The van der Waals surface area contributed by atoms with E-state index in [9.17, 15) is 4.79 Å². The minimum Gasteiger partial charge on any atom is -0.368 e. The molecule has 2 aromatic heterocycles. The SMILES string of the molecule is CNCC[C@@H](OCc1cccc(N2CCN(C)c3nc(N)ncc3C2=O)c1)c1cccs1. The van der Waals surface area contributed by atoms with Gasteiger partial charge in [-0.3, -0.25) is 4.79 Å². The van der Waals surface area contributed by atoms with Crippen molar-refractivity contribution < 1.29 is 9.53 Å². The number of nitrogens with one attached hydrogen (secondary N) is 1. The summed E-state index contributed by atoms with van der Waals surface area (Å²) in [4.78, 5) is 26.5. The highest BCUT2D eigenvalue weighted by Gasteiger charge is 2.28. The average molecular weight is 453 g/mol. The number of hydrogen-bond acceptors (Lipinski definition) is 8. The standard InChI is InChI=1S/C23H28N6O2S/c1-25-9-8-19(20-7-4-12-32-20)31-15-16-5-3-6-17(13-16)29-11-10-28(2)21-18(22(29)30)14-26-23(24)27-21/h3-7,12-14,19,25H,8-11,15H2,1-2H3,(H2,24,26,27)/t19-/m1/s1. The van der Waals surface area contributed by atoms with Gasteiger partial charge >= 0.3 is 0 Å². The topological polar surface area (TPSA) is 96.6 Å². The van der Waals surface area contributed by atoms with Gasteiger partial charge in [-0.05, 0) is 49.2 Å². The van der Waals surface area contributed by atoms with Crippen molar-refractivity contribution in [3.8, 4) is 0 Å². The first-order chi connectivity index (χ1) is 15.6. The zero-order valence-electron chi connectivity index (χ0n) is 18.3. The van der Waals surface area contributed by atoms with Crippen LogP contribution in [-0.4, -0.2) is 49.6 Å². The van der Waals surface area contributed by atoms with Gasteiger partial charge in [0.05, 0.1) is 12.7 Å². The smallest absolute Gasteiger partial charge is 0.263 e. The second kappa shape index (κ2) is 10.1. The zero-order chi connectivity index (χ0) is 22.5. The number of anilines is 3. The van der Waals surface area contributed by atoms with Crippen LogP contribution >= 0.6 is 11.3 Å². The Balaban J connectivity index is 1.52. The van der Waals surface area contributed by atoms with Crippen LogP contribution in [0.4, 0.5) is 17.5 Å². The van der Waals surface area contributed by atoms with Crippen LogP contribution in [-0.2, 0) is 11.3 Å². The highest BCUT2D eigenvalue weighted by molar-refractivity contribution is 7.10. The van der Waals surface area contributed by atoms with Crippen molar-refractivity contribution in [2.75, 3.05) is 49.3 Å². The summed E-state index contributed by atoms with van der Waals surface area (Å²) in [5, 5.41) is 5.27. The summed E-state index contributed by atoms with van der Waals surface area (Å²) in [6.45, 7) is 2.53. The van der Waals surface area contributed by atoms with Gasteiger partial charge < -0.3 is 25.6 Å². The monoisotopic (exact) mass is 452 g/mol. The van der Waals surface area contributed by atoms with Gasteiger partial charge in [0.1, 0.15) is 11.4 Å². The van der Waals surface area contributed by atoms with Gasteiger partial charge in [0, 0.05) is 36.9 Å². The van der Waals surface area contributed by atoms with E-state index in [1.807, 2.05) is 49.3 Å². The molecule has 0 saturated carbocycles. The molecule has 3 aromatic rings. The molecule has 0 unspecified atom stereocenters. The molecule has 3 heterocycles. The summed E-state index contributed by atoms with van der Waals surface area (Å²) in [5.41, 5.74) is 8.04. The maximum absolute atomic E-state index is 13.3.